The molecule has 2 rings (SSSR count). The molecule has 0 aliphatic heterocycles. The summed E-state index contributed by atoms with van der Waals surface area (Å²) >= 11 is 0. The lowest BCUT2D eigenvalue weighted by Gasteiger charge is -2.05. The quantitative estimate of drug-likeness (QED) is 0.733. The van der Waals surface area contributed by atoms with Crippen LogP contribution in [0, 0.1) is 6.92 Å². The Bertz CT molecular complexity index is 548. The van der Waals surface area contributed by atoms with Crippen LogP contribution in [0.5, 0.6) is 0 Å². The second kappa shape index (κ2) is 8.25. The van der Waals surface area contributed by atoms with Crippen LogP contribution in [0.4, 0.5) is 0 Å². The maximum absolute atomic E-state index is 11.7. The number of hydrogen-bond acceptors (Lipinski definition) is 2. The fraction of sp³-hybridized carbons (Fsp3) is 0.412. The lowest BCUT2D eigenvalue weighted by molar-refractivity contribution is -0.121. The van der Waals surface area contributed by atoms with Crippen molar-refractivity contribution in [2.45, 2.75) is 39.0 Å². The molecule has 0 unspecified atom stereocenters. The van der Waals surface area contributed by atoms with Crippen molar-refractivity contribution in [3.63, 3.8) is 0 Å². The molecule has 1 aromatic heterocycles. The second-order valence-corrected chi connectivity index (χ2v) is 5.31. The van der Waals surface area contributed by atoms with Gasteiger partial charge in [0.05, 0.1) is 6.20 Å². The van der Waals surface area contributed by atoms with E-state index in [4.69, 9.17) is 0 Å². The van der Waals surface area contributed by atoms with Crippen LogP contribution in [0.25, 0.3) is 0 Å². The first-order chi connectivity index (χ1) is 10.3. The zero-order valence-electron chi connectivity index (χ0n) is 12.6. The molecule has 2 aromatic rings. The number of aromatic amines is 1. The minimum atomic E-state index is 0.148. The van der Waals surface area contributed by atoms with Crippen molar-refractivity contribution in [3.8, 4) is 0 Å². The van der Waals surface area contributed by atoms with E-state index in [1.807, 2.05) is 31.3 Å². The summed E-state index contributed by atoms with van der Waals surface area (Å²) in [5.74, 6) is 0.148. The number of H-pyrrole nitrogens is 1. The van der Waals surface area contributed by atoms with E-state index in [1.165, 1.54) is 11.1 Å². The summed E-state index contributed by atoms with van der Waals surface area (Å²) in [6.45, 7) is 2.75. The van der Waals surface area contributed by atoms with Crippen LogP contribution in [0.2, 0.25) is 0 Å². The van der Waals surface area contributed by atoms with Gasteiger partial charge < -0.3 is 5.32 Å². The highest BCUT2D eigenvalue weighted by Gasteiger charge is 2.03. The fourth-order valence-corrected chi connectivity index (χ4v) is 2.32. The van der Waals surface area contributed by atoms with Crippen LogP contribution >= 0.6 is 0 Å². The van der Waals surface area contributed by atoms with Crippen LogP contribution in [0.15, 0.2) is 36.5 Å². The van der Waals surface area contributed by atoms with Gasteiger partial charge in [-0.05, 0) is 43.7 Å². The van der Waals surface area contributed by atoms with Crippen molar-refractivity contribution in [1.29, 1.82) is 0 Å². The van der Waals surface area contributed by atoms with Gasteiger partial charge in [-0.25, -0.2) is 0 Å². The maximum atomic E-state index is 11.7. The van der Waals surface area contributed by atoms with Gasteiger partial charge in [-0.2, -0.15) is 5.10 Å². The smallest absolute Gasteiger partial charge is 0.220 e. The topological polar surface area (TPSA) is 57.8 Å². The molecule has 2 N–H and O–H groups in total. The van der Waals surface area contributed by atoms with E-state index < -0.39 is 0 Å². The van der Waals surface area contributed by atoms with E-state index in [1.54, 1.807) is 0 Å². The van der Waals surface area contributed by atoms with Gasteiger partial charge in [0, 0.05) is 18.7 Å². The Labute approximate surface area is 126 Å². The van der Waals surface area contributed by atoms with Crippen LogP contribution < -0.4 is 5.32 Å². The Morgan fingerprint density at radius 3 is 2.71 bits per heavy atom. The molecule has 0 atom stereocenters. The number of aryl methyl sites for hydroxylation is 3. The Morgan fingerprint density at radius 1 is 1.19 bits per heavy atom. The summed E-state index contributed by atoms with van der Waals surface area (Å²) in [7, 11) is 0. The minimum absolute atomic E-state index is 0.148. The summed E-state index contributed by atoms with van der Waals surface area (Å²) in [5.41, 5.74) is 3.64. The predicted octanol–water partition coefficient (Wildman–Crippen LogP) is 2.79. The molecule has 0 radical (unpaired) electrons. The number of nitrogens with zero attached hydrogens (tertiary/aromatic N) is 1. The number of carbonyl (C=O) groups excluding carboxylic acids is 1. The van der Waals surface area contributed by atoms with Crippen LogP contribution in [0.1, 0.15) is 36.1 Å². The number of hydrogen-bond donors (Lipinski definition) is 2. The molecule has 0 aliphatic rings. The Kier molecular flexibility index (Phi) is 6.00. The van der Waals surface area contributed by atoms with Gasteiger partial charge in [-0.3, -0.25) is 9.89 Å². The molecule has 4 heteroatoms. The summed E-state index contributed by atoms with van der Waals surface area (Å²) in [4.78, 5) is 11.7. The van der Waals surface area contributed by atoms with Gasteiger partial charge in [-0.15, -0.1) is 0 Å². The number of nitrogens with one attached hydrogen (secondary N) is 2. The average Bonchev–Trinajstić information content (AvgIpc) is 2.90. The van der Waals surface area contributed by atoms with Gasteiger partial charge >= 0.3 is 0 Å². The Balaban J connectivity index is 1.55. The number of amides is 1. The molecular formula is C17H23N3O. The zero-order chi connectivity index (χ0) is 14.9. The monoisotopic (exact) mass is 285 g/mol. The molecule has 112 valence electrons. The Morgan fingerprint density at radius 2 is 2.00 bits per heavy atom. The van der Waals surface area contributed by atoms with Crippen molar-refractivity contribution >= 4 is 5.91 Å². The van der Waals surface area contributed by atoms with Gasteiger partial charge in [0.25, 0.3) is 0 Å². The molecule has 1 heterocycles. The largest absolute Gasteiger partial charge is 0.356 e. The lowest BCUT2D eigenvalue weighted by Crippen LogP contribution is -2.24. The number of aromatic nitrogens is 2. The number of carbonyl (C=O) groups is 1. The van der Waals surface area contributed by atoms with E-state index in [9.17, 15) is 4.79 Å². The van der Waals surface area contributed by atoms with Crippen LogP contribution in [0.3, 0.4) is 0 Å². The summed E-state index contributed by atoms with van der Waals surface area (Å²) in [6, 6.07) is 10.3. The van der Waals surface area contributed by atoms with Crippen LogP contribution in [-0.4, -0.2) is 22.6 Å². The molecule has 1 amide bonds. The molecule has 1 aromatic carbocycles. The van der Waals surface area contributed by atoms with Crippen molar-refractivity contribution < 1.29 is 4.79 Å². The normalized spacial score (nSPS) is 10.5. The third-order valence-corrected chi connectivity index (χ3v) is 3.59. The average molecular weight is 285 g/mol. The van der Waals surface area contributed by atoms with E-state index in [2.05, 4.69) is 27.6 Å². The fourth-order valence-electron chi connectivity index (χ4n) is 2.32. The SMILES string of the molecule is Cc1[nH]ncc1CCCNC(=O)CCCc1ccccc1. The molecular weight excluding hydrogens is 262 g/mol. The number of rotatable bonds is 8. The molecule has 0 aliphatic carbocycles. The molecule has 0 spiro atoms. The first kappa shape index (κ1) is 15.3. The predicted molar refractivity (Wildman–Crippen MR) is 84.0 cm³/mol. The van der Waals surface area contributed by atoms with E-state index >= 15 is 0 Å². The molecule has 21 heavy (non-hydrogen) atoms. The van der Waals surface area contributed by atoms with Crippen LogP contribution in [-0.2, 0) is 17.6 Å². The molecule has 4 nitrogen and oxygen atoms in total. The van der Waals surface area contributed by atoms with Crippen molar-refractivity contribution in [1.82, 2.24) is 15.5 Å². The molecule has 0 bridgehead atoms. The van der Waals surface area contributed by atoms with Gasteiger partial charge in [-0.1, -0.05) is 30.3 Å². The molecule has 0 saturated carbocycles. The summed E-state index contributed by atoms with van der Waals surface area (Å²) in [6.07, 6.45) is 6.22. The van der Waals surface area contributed by atoms with Crippen molar-refractivity contribution in [2.24, 2.45) is 0 Å². The van der Waals surface area contributed by atoms with E-state index in [-0.39, 0.29) is 5.91 Å². The van der Waals surface area contributed by atoms with Gasteiger partial charge in [0.2, 0.25) is 5.91 Å². The van der Waals surface area contributed by atoms with Crippen molar-refractivity contribution in [2.75, 3.05) is 6.54 Å². The summed E-state index contributed by atoms with van der Waals surface area (Å²) < 4.78 is 0. The lowest BCUT2D eigenvalue weighted by atomic mass is 10.1. The van der Waals surface area contributed by atoms with Gasteiger partial charge in [0.15, 0.2) is 0 Å². The van der Waals surface area contributed by atoms with E-state index in [0.29, 0.717) is 6.42 Å². The third kappa shape index (κ3) is 5.42. The highest BCUT2D eigenvalue weighted by Crippen LogP contribution is 2.06. The molecule has 0 saturated heterocycles. The first-order valence-electron chi connectivity index (χ1n) is 7.55. The van der Waals surface area contributed by atoms with Gasteiger partial charge in [0.1, 0.15) is 0 Å². The highest BCUT2D eigenvalue weighted by atomic mass is 16.1. The zero-order valence-corrected chi connectivity index (χ0v) is 12.6. The maximum Gasteiger partial charge on any atom is 0.220 e. The minimum Gasteiger partial charge on any atom is -0.356 e. The Hall–Kier alpha value is -2.10. The first-order valence-corrected chi connectivity index (χ1v) is 7.55. The van der Waals surface area contributed by atoms with E-state index in [0.717, 1.165) is 37.9 Å². The summed E-state index contributed by atoms with van der Waals surface area (Å²) in [5, 5.41) is 9.90. The second-order valence-electron chi connectivity index (χ2n) is 5.31. The highest BCUT2D eigenvalue weighted by molar-refractivity contribution is 5.75. The van der Waals surface area contributed by atoms with Crippen molar-refractivity contribution in [3.05, 3.63) is 53.3 Å². The molecule has 0 fully saturated rings. The standard InChI is InChI=1S/C17H23N3O/c1-14-16(13-19-20-14)10-6-12-18-17(21)11-5-9-15-7-3-2-4-8-15/h2-4,7-8,13H,5-6,9-12H2,1H3,(H,18,21)(H,19,20). The third-order valence-electron chi connectivity index (χ3n) is 3.59. The number of benzene rings is 1.